The smallest absolute Gasteiger partial charge is 0.307 e. The van der Waals surface area contributed by atoms with Crippen molar-refractivity contribution < 1.29 is 15.0 Å². The molecule has 1 unspecified atom stereocenters. The molecular weight excluding hydrogens is 222 g/mol. The lowest BCUT2D eigenvalue weighted by molar-refractivity contribution is -0.141. The molecular formula is C11H17N3O3. The first-order valence-electron chi connectivity index (χ1n) is 5.76. The van der Waals surface area contributed by atoms with Crippen LogP contribution in [-0.2, 0) is 17.9 Å². The van der Waals surface area contributed by atoms with Gasteiger partial charge in [0.1, 0.15) is 0 Å². The third-order valence-electron chi connectivity index (χ3n) is 3.04. The number of carboxylic acids is 1. The minimum absolute atomic E-state index is 0.0753. The van der Waals surface area contributed by atoms with Crippen molar-refractivity contribution in [2.75, 3.05) is 19.7 Å². The number of rotatable bonds is 5. The van der Waals surface area contributed by atoms with Gasteiger partial charge in [-0.1, -0.05) is 0 Å². The number of carbonyl (C=O) groups is 1. The number of hydrogen-bond donors (Lipinski definition) is 2. The van der Waals surface area contributed by atoms with Gasteiger partial charge in [-0.25, -0.2) is 0 Å². The van der Waals surface area contributed by atoms with E-state index in [4.69, 9.17) is 10.2 Å². The topological polar surface area (TPSA) is 78.6 Å². The second-order valence-corrected chi connectivity index (χ2v) is 4.39. The summed E-state index contributed by atoms with van der Waals surface area (Å²) in [6, 6.07) is 0. The lowest BCUT2D eigenvalue weighted by atomic mass is 10.1. The molecule has 2 rings (SSSR count). The number of hydrogen-bond acceptors (Lipinski definition) is 4. The Morgan fingerprint density at radius 2 is 2.41 bits per heavy atom. The summed E-state index contributed by atoms with van der Waals surface area (Å²) in [5.41, 5.74) is 1.06. The van der Waals surface area contributed by atoms with E-state index in [1.807, 2.05) is 6.20 Å². The molecule has 17 heavy (non-hydrogen) atoms. The van der Waals surface area contributed by atoms with Crippen molar-refractivity contribution in [3.05, 3.63) is 18.0 Å². The molecule has 2 heterocycles. The van der Waals surface area contributed by atoms with Crippen molar-refractivity contribution in [2.45, 2.75) is 19.5 Å². The van der Waals surface area contributed by atoms with Crippen LogP contribution in [0.25, 0.3) is 0 Å². The molecule has 1 aliphatic heterocycles. The highest BCUT2D eigenvalue weighted by Gasteiger charge is 2.27. The van der Waals surface area contributed by atoms with Gasteiger partial charge in [0.05, 0.1) is 25.3 Å². The quantitative estimate of drug-likeness (QED) is 0.743. The molecule has 0 radical (unpaired) electrons. The molecule has 1 atom stereocenters. The molecule has 0 aliphatic carbocycles. The molecule has 0 amide bonds. The highest BCUT2D eigenvalue weighted by atomic mass is 16.4. The van der Waals surface area contributed by atoms with Gasteiger partial charge in [-0.05, 0) is 13.0 Å². The number of aliphatic carboxylic acids is 1. The molecule has 6 nitrogen and oxygen atoms in total. The van der Waals surface area contributed by atoms with Crippen LogP contribution < -0.4 is 0 Å². The molecule has 0 spiro atoms. The number of aliphatic hydroxyl groups is 1. The Morgan fingerprint density at radius 1 is 1.59 bits per heavy atom. The van der Waals surface area contributed by atoms with Crippen LogP contribution in [0, 0.1) is 5.92 Å². The Kier molecular flexibility index (Phi) is 3.75. The van der Waals surface area contributed by atoms with Crippen LogP contribution in [0.15, 0.2) is 12.4 Å². The highest BCUT2D eigenvalue weighted by Crippen LogP contribution is 2.18. The molecule has 1 aliphatic rings. The average Bonchev–Trinajstić information content (AvgIpc) is 2.89. The van der Waals surface area contributed by atoms with Crippen LogP contribution in [0.2, 0.25) is 0 Å². The second-order valence-electron chi connectivity index (χ2n) is 4.39. The van der Waals surface area contributed by atoms with E-state index >= 15 is 0 Å². The lowest BCUT2D eigenvalue weighted by Crippen LogP contribution is -2.22. The minimum Gasteiger partial charge on any atom is -0.481 e. The third kappa shape index (κ3) is 3.04. The van der Waals surface area contributed by atoms with Crippen molar-refractivity contribution in [1.82, 2.24) is 14.7 Å². The summed E-state index contributed by atoms with van der Waals surface area (Å²) in [6.45, 7) is 2.74. The largest absolute Gasteiger partial charge is 0.481 e. The van der Waals surface area contributed by atoms with Crippen molar-refractivity contribution >= 4 is 5.97 Å². The number of nitrogens with zero attached hydrogens (tertiary/aromatic N) is 3. The zero-order valence-electron chi connectivity index (χ0n) is 9.62. The number of aromatic nitrogens is 2. The highest BCUT2D eigenvalue weighted by molar-refractivity contribution is 5.70. The van der Waals surface area contributed by atoms with E-state index in [0.29, 0.717) is 13.1 Å². The van der Waals surface area contributed by atoms with Crippen LogP contribution >= 0.6 is 0 Å². The Labute approximate surface area is 99.5 Å². The number of carboxylic acid groups (broad SMARTS) is 1. The number of likely N-dealkylation sites (tertiary alicyclic amines) is 1. The number of aliphatic hydroxyl groups excluding tert-OH is 1. The Morgan fingerprint density at radius 3 is 3.06 bits per heavy atom. The summed E-state index contributed by atoms with van der Waals surface area (Å²) in [6.07, 6.45) is 4.38. The summed E-state index contributed by atoms with van der Waals surface area (Å²) in [5.74, 6) is -0.939. The molecule has 0 saturated carbocycles. The van der Waals surface area contributed by atoms with Gasteiger partial charge < -0.3 is 10.2 Å². The monoisotopic (exact) mass is 239 g/mol. The zero-order valence-corrected chi connectivity index (χ0v) is 9.62. The average molecular weight is 239 g/mol. The van der Waals surface area contributed by atoms with E-state index in [1.165, 1.54) is 0 Å². The maximum Gasteiger partial charge on any atom is 0.307 e. The molecule has 6 heteroatoms. The van der Waals surface area contributed by atoms with Crippen molar-refractivity contribution in [1.29, 1.82) is 0 Å². The lowest BCUT2D eigenvalue weighted by Gasteiger charge is -2.13. The van der Waals surface area contributed by atoms with E-state index in [2.05, 4.69) is 10.00 Å². The Balaban J connectivity index is 1.86. The van der Waals surface area contributed by atoms with E-state index in [1.54, 1.807) is 10.9 Å². The predicted molar refractivity (Wildman–Crippen MR) is 60.3 cm³/mol. The van der Waals surface area contributed by atoms with E-state index < -0.39 is 5.97 Å². The summed E-state index contributed by atoms with van der Waals surface area (Å²) >= 11 is 0. The summed E-state index contributed by atoms with van der Waals surface area (Å²) in [5, 5.41) is 21.8. The second kappa shape index (κ2) is 5.29. The van der Waals surface area contributed by atoms with Crippen LogP contribution in [-0.4, -0.2) is 50.6 Å². The molecule has 2 N–H and O–H groups in total. The molecule has 1 saturated heterocycles. The van der Waals surface area contributed by atoms with E-state index in [0.717, 1.165) is 25.1 Å². The fourth-order valence-corrected chi connectivity index (χ4v) is 2.15. The standard InChI is InChI=1S/C11H17N3O3/c15-4-3-14-7-9(5-12-14)6-13-2-1-10(8-13)11(16)17/h5,7,10,15H,1-4,6,8H2,(H,16,17). The molecule has 1 aromatic rings. The maximum absolute atomic E-state index is 10.8. The minimum atomic E-state index is -0.705. The van der Waals surface area contributed by atoms with Gasteiger partial charge in [-0.15, -0.1) is 0 Å². The first kappa shape index (κ1) is 12.1. The maximum atomic E-state index is 10.8. The van der Waals surface area contributed by atoms with Crippen LogP contribution in [0.3, 0.4) is 0 Å². The van der Waals surface area contributed by atoms with Crippen molar-refractivity contribution in [3.8, 4) is 0 Å². The van der Waals surface area contributed by atoms with Crippen LogP contribution in [0.5, 0.6) is 0 Å². The van der Waals surface area contributed by atoms with E-state index in [-0.39, 0.29) is 12.5 Å². The third-order valence-corrected chi connectivity index (χ3v) is 3.04. The van der Waals surface area contributed by atoms with Crippen LogP contribution in [0.4, 0.5) is 0 Å². The SMILES string of the molecule is O=C(O)C1CCN(Cc2cnn(CCO)c2)C1. The molecule has 0 aromatic carbocycles. The first-order valence-corrected chi connectivity index (χ1v) is 5.76. The van der Waals surface area contributed by atoms with Gasteiger partial charge in [-0.3, -0.25) is 14.4 Å². The van der Waals surface area contributed by atoms with Crippen LogP contribution in [0.1, 0.15) is 12.0 Å². The fourth-order valence-electron chi connectivity index (χ4n) is 2.15. The van der Waals surface area contributed by atoms with Gasteiger partial charge in [0.25, 0.3) is 0 Å². The van der Waals surface area contributed by atoms with Gasteiger partial charge in [0.2, 0.25) is 0 Å². The summed E-state index contributed by atoms with van der Waals surface area (Å²) < 4.78 is 1.69. The zero-order chi connectivity index (χ0) is 12.3. The first-order chi connectivity index (χ1) is 8.19. The van der Waals surface area contributed by atoms with Gasteiger partial charge in [-0.2, -0.15) is 5.10 Å². The predicted octanol–water partition coefficient (Wildman–Crippen LogP) is -0.218. The fraction of sp³-hybridized carbons (Fsp3) is 0.636. The van der Waals surface area contributed by atoms with Gasteiger partial charge in [0, 0.05) is 24.8 Å². The molecule has 0 bridgehead atoms. The van der Waals surface area contributed by atoms with Gasteiger partial charge in [0.15, 0.2) is 0 Å². The Hall–Kier alpha value is -1.40. The molecule has 1 aromatic heterocycles. The molecule has 1 fully saturated rings. The molecule has 94 valence electrons. The summed E-state index contributed by atoms with van der Waals surface area (Å²) in [7, 11) is 0. The Bertz CT molecular complexity index is 391. The normalized spacial score (nSPS) is 20.9. The van der Waals surface area contributed by atoms with Crippen molar-refractivity contribution in [2.24, 2.45) is 5.92 Å². The van der Waals surface area contributed by atoms with Gasteiger partial charge >= 0.3 is 5.97 Å². The summed E-state index contributed by atoms with van der Waals surface area (Å²) in [4.78, 5) is 12.9. The van der Waals surface area contributed by atoms with Crippen molar-refractivity contribution in [3.63, 3.8) is 0 Å². The van der Waals surface area contributed by atoms with E-state index in [9.17, 15) is 4.79 Å².